The van der Waals surface area contributed by atoms with Crippen LogP contribution in [0.15, 0.2) is 0 Å². The lowest BCUT2D eigenvalue weighted by Gasteiger charge is -2.46. The molecule has 0 aliphatic carbocycles. The van der Waals surface area contributed by atoms with E-state index in [1.165, 1.54) is 65.0 Å². The summed E-state index contributed by atoms with van der Waals surface area (Å²) >= 11 is 0. The van der Waals surface area contributed by atoms with E-state index in [1.54, 1.807) is 0 Å². The van der Waals surface area contributed by atoms with E-state index < -0.39 is 0 Å². The van der Waals surface area contributed by atoms with Crippen LogP contribution in [0.3, 0.4) is 0 Å². The molecule has 3 nitrogen and oxygen atoms in total. The van der Waals surface area contributed by atoms with E-state index in [9.17, 15) is 0 Å². The minimum Gasteiger partial charge on any atom is -0.309 e. The van der Waals surface area contributed by atoms with E-state index in [4.69, 9.17) is 0 Å². The number of nitrogens with zero attached hydrogens (tertiary/aromatic N) is 2. The topological polar surface area (TPSA) is 18.5 Å². The molecule has 0 spiro atoms. The zero-order chi connectivity index (χ0) is 11.7. The Morgan fingerprint density at radius 1 is 1.12 bits per heavy atom. The van der Waals surface area contributed by atoms with Crippen LogP contribution in [0, 0.1) is 5.92 Å². The molecule has 2 unspecified atom stereocenters. The second kappa shape index (κ2) is 5.25. The summed E-state index contributed by atoms with van der Waals surface area (Å²) in [4.78, 5) is 5.26. The van der Waals surface area contributed by atoms with Gasteiger partial charge in [-0.05, 0) is 64.7 Å². The average molecular weight is 237 g/mol. The fraction of sp³-hybridized carbons (Fsp3) is 1.00. The highest BCUT2D eigenvalue weighted by Crippen LogP contribution is 2.27. The van der Waals surface area contributed by atoms with Gasteiger partial charge >= 0.3 is 0 Å². The van der Waals surface area contributed by atoms with Crippen molar-refractivity contribution >= 4 is 0 Å². The van der Waals surface area contributed by atoms with Crippen molar-refractivity contribution in [2.75, 3.05) is 39.3 Å². The zero-order valence-corrected chi connectivity index (χ0v) is 11.2. The molecule has 4 aliphatic heterocycles. The Kier molecular flexibility index (Phi) is 3.69. The predicted octanol–water partition coefficient (Wildman–Crippen LogP) is 1.15. The van der Waals surface area contributed by atoms with E-state index in [-0.39, 0.29) is 0 Å². The number of piperidine rings is 3. The van der Waals surface area contributed by atoms with Crippen molar-refractivity contribution in [3.05, 3.63) is 0 Å². The van der Waals surface area contributed by atoms with Gasteiger partial charge in [0.05, 0.1) is 0 Å². The summed E-state index contributed by atoms with van der Waals surface area (Å²) in [6.45, 7) is 10.3. The molecule has 0 aromatic rings. The summed E-state index contributed by atoms with van der Waals surface area (Å²) in [5, 5.41) is 3.89. The number of rotatable bonds is 4. The van der Waals surface area contributed by atoms with Crippen LogP contribution in [0.2, 0.25) is 0 Å². The van der Waals surface area contributed by atoms with Gasteiger partial charge in [0.25, 0.3) is 0 Å². The van der Waals surface area contributed by atoms with E-state index >= 15 is 0 Å². The van der Waals surface area contributed by atoms with Gasteiger partial charge in [0.1, 0.15) is 0 Å². The molecule has 4 fully saturated rings. The molecule has 0 amide bonds. The molecular formula is C14H27N3. The molecule has 17 heavy (non-hydrogen) atoms. The Morgan fingerprint density at radius 3 is 2.41 bits per heavy atom. The number of hydrogen-bond donors (Lipinski definition) is 1. The van der Waals surface area contributed by atoms with E-state index in [0.29, 0.717) is 6.04 Å². The monoisotopic (exact) mass is 237 g/mol. The standard InChI is InChI=1S/C14H27N3/c1-12(10-16-6-2-3-7-16)15-14-11-17-8-4-13(14)5-9-17/h12-15H,2-11H2,1H3. The smallest absolute Gasteiger partial charge is 0.0227 e. The van der Waals surface area contributed by atoms with Crippen molar-refractivity contribution in [2.24, 2.45) is 5.92 Å². The lowest BCUT2D eigenvalue weighted by Crippen LogP contribution is -2.58. The predicted molar refractivity (Wildman–Crippen MR) is 71.2 cm³/mol. The first kappa shape index (κ1) is 11.9. The molecule has 2 bridgehead atoms. The van der Waals surface area contributed by atoms with Gasteiger partial charge in [-0.15, -0.1) is 0 Å². The summed E-state index contributed by atoms with van der Waals surface area (Å²) in [7, 11) is 0. The van der Waals surface area contributed by atoms with Crippen molar-refractivity contribution in [1.82, 2.24) is 15.1 Å². The minimum absolute atomic E-state index is 0.665. The third-order valence-corrected chi connectivity index (χ3v) is 4.89. The second-order valence-electron chi connectivity index (χ2n) is 6.32. The molecule has 0 saturated carbocycles. The largest absolute Gasteiger partial charge is 0.309 e. The van der Waals surface area contributed by atoms with Crippen LogP contribution in [0.1, 0.15) is 32.6 Å². The van der Waals surface area contributed by atoms with E-state index in [2.05, 4.69) is 22.0 Å². The van der Waals surface area contributed by atoms with Crippen LogP contribution >= 0.6 is 0 Å². The lowest BCUT2D eigenvalue weighted by molar-refractivity contribution is 0.0657. The molecule has 98 valence electrons. The molecule has 4 aliphatic rings. The first-order valence-electron chi connectivity index (χ1n) is 7.52. The van der Waals surface area contributed by atoms with Gasteiger partial charge < -0.3 is 15.1 Å². The van der Waals surface area contributed by atoms with Crippen LogP contribution in [0.5, 0.6) is 0 Å². The highest BCUT2D eigenvalue weighted by molar-refractivity contribution is 4.92. The summed E-state index contributed by atoms with van der Waals surface area (Å²) in [6, 6.07) is 1.44. The first-order chi connectivity index (χ1) is 8.31. The molecule has 4 saturated heterocycles. The summed E-state index contributed by atoms with van der Waals surface area (Å²) in [5.74, 6) is 0.959. The number of fused-ring (bicyclic) bond motifs is 3. The molecule has 4 rings (SSSR count). The SMILES string of the molecule is CC(CN1CCCC1)NC1CN2CCC1CC2. The molecule has 2 atom stereocenters. The van der Waals surface area contributed by atoms with Crippen LogP contribution in [0.25, 0.3) is 0 Å². The fourth-order valence-electron chi connectivity index (χ4n) is 3.92. The van der Waals surface area contributed by atoms with E-state index in [1.807, 2.05) is 0 Å². The van der Waals surface area contributed by atoms with Crippen molar-refractivity contribution in [2.45, 2.75) is 44.7 Å². The Bertz CT molecular complexity index is 242. The maximum Gasteiger partial charge on any atom is 0.0227 e. The second-order valence-corrected chi connectivity index (χ2v) is 6.32. The fourth-order valence-corrected chi connectivity index (χ4v) is 3.92. The molecule has 0 aromatic heterocycles. The van der Waals surface area contributed by atoms with Gasteiger partial charge in [0, 0.05) is 25.2 Å². The normalized spacial score (nSPS) is 39.7. The van der Waals surface area contributed by atoms with Crippen molar-refractivity contribution < 1.29 is 0 Å². The van der Waals surface area contributed by atoms with Gasteiger partial charge in [-0.1, -0.05) is 0 Å². The molecular weight excluding hydrogens is 210 g/mol. The van der Waals surface area contributed by atoms with Crippen molar-refractivity contribution in [3.63, 3.8) is 0 Å². The van der Waals surface area contributed by atoms with Gasteiger partial charge in [0.2, 0.25) is 0 Å². The zero-order valence-electron chi connectivity index (χ0n) is 11.2. The highest BCUT2D eigenvalue weighted by atomic mass is 15.2. The Balaban J connectivity index is 1.46. The van der Waals surface area contributed by atoms with Gasteiger partial charge in [-0.2, -0.15) is 0 Å². The van der Waals surface area contributed by atoms with Crippen LogP contribution in [-0.2, 0) is 0 Å². The number of nitrogens with one attached hydrogen (secondary N) is 1. The minimum atomic E-state index is 0.665. The molecule has 4 heterocycles. The van der Waals surface area contributed by atoms with Crippen molar-refractivity contribution in [1.29, 1.82) is 0 Å². The van der Waals surface area contributed by atoms with Gasteiger partial charge in [-0.3, -0.25) is 0 Å². The van der Waals surface area contributed by atoms with Crippen LogP contribution in [0.4, 0.5) is 0 Å². The first-order valence-corrected chi connectivity index (χ1v) is 7.52. The summed E-state index contributed by atoms with van der Waals surface area (Å²) in [6.07, 6.45) is 5.67. The maximum atomic E-state index is 3.89. The number of hydrogen-bond acceptors (Lipinski definition) is 3. The van der Waals surface area contributed by atoms with Gasteiger partial charge in [0.15, 0.2) is 0 Å². The Labute approximate surface area is 106 Å². The highest BCUT2D eigenvalue weighted by Gasteiger charge is 2.34. The molecule has 0 radical (unpaired) electrons. The van der Waals surface area contributed by atoms with Gasteiger partial charge in [-0.25, -0.2) is 0 Å². The third-order valence-electron chi connectivity index (χ3n) is 4.89. The maximum absolute atomic E-state index is 3.89. The Morgan fingerprint density at radius 2 is 1.82 bits per heavy atom. The van der Waals surface area contributed by atoms with Crippen molar-refractivity contribution in [3.8, 4) is 0 Å². The summed E-state index contributed by atoms with van der Waals surface area (Å²) < 4.78 is 0. The van der Waals surface area contributed by atoms with Crippen LogP contribution in [-0.4, -0.2) is 61.2 Å². The van der Waals surface area contributed by atoms with E-state index in [0.717, 1.165) is 12.0 Å². The lowest BCUT2D eigenvalue weighted by atomic mass is 9.84. The quantitative estimate of drug-likeness (QED) is 0.791. The molecule has 3 heteroatoms. The molecule has 1 N–H and O–H groups in total. The average Bonchev–Trinajstić information content (AvgIpc) is 2.83. The van der Waals surface area contributed by atoms with Crippen LogP contribution < -0.4 is 5.32 Å². The Hall–Kier alpha value is -0.120. The number of likely N-dealkylation sites (tertiary alicyclic amines) is 1. The molecule has 0 aromatic carbocycles. The third kappa shape index (κ3) is 2.83. The summed E-state index contributed by atoms with van der Waals surface area (Å²) in [5.41, 5.74) is 0.